The van der Waals surface area contributed by atoms with Crippen LogP contribution in [0.1, 0.15) is 56.4 Å². The van der Waals surface area contributed by atoms with Crippen molar-refractivity contribution in [2.45, 2.75) is 56.9 Å². The Morgan fingerprint density at radius 2 is 1.69 bits per heavy atom. The van der Waals surface area contributed by atoms with E-state index in [1.807, 2.05) is 6.08 Å². The first-order chi connectivity index (χ1) is 18.6. The molecule has 39 heavy (non-hydrogen) atoms. The Morgan fingerprint density at radius 1 is 0.974 bits per heavy atom. The maximum atomic E-state index is 14.0. The topological polar surface area (TPSA) is 101 Å². The lowest BCUT2D eigenvalue weighted by Gasteiger charge is -2.42. The number of nitrogens with zero attached hydrogens (tertiary/aromatic N) is 1. The van der Waals surface area contributed by atoms with Crippen LogP contribution >= 0.6 is 47.8 Å². The average molecular weight is 724 g/mol. The van der Waals surface area contributed by atoms with Gasteiger partial charge in [0, 0.05) is 33.7 Å². The van der Waals surface area contributed by atoms with Gasteiger partial charge >= 0.3 is 0 Å². The van der Waals surface area contributed by atoms with Gasteiger partial charge in [0.25, 0.3) is 0 Å². The second kappa shape index (κ2) is 10.1. The fourth-order valence-corrected chi connectivity index (χ4v) is 8.67. The predicted molar refractivity (Wildman–Crippen MR) is 153 cm³/mol. The second-order valence-electron chi connectivity index (χ2n) is 10.9. The van der Waals surface area contributed by atoms with Crippen LogP contribution in [0.25, 0.3) is 0 Å². The minimum absolute atomic E-state index is 0.0663. The molecule has 10 heteroatoms. The summed E-state index contributed by atoms with van der Waals surface area (Å²) in [4.78, 5) is 56.1. The number of carbonyl (C=O) groups excluding carboxylic acids is 4. The van der Waals surface area contributed by atoms with Crippen LogP contribution in [0.3, 0.4) is 0 Å². The third-order valence-electron chi connectivity index (χ3n) is 9.01. The molecule has 1 heterocycles. The van der Waals surface area contributed by atoms with E-state index in [1.54, 1.807) is 6.07 Å². The molecule has 4 atom stereocenters. The molecule has 204 valence electrons. The van der Waals surface area contributed by atoms with Crippen molar-refractivity contribution in [1.82, 2.24) is 4.90 Å². The normalized spacial score (nSPS) is 29.2. The van der Waals surface area contributed by atoms with E-state index in [0.29, 0.717) is 32.1 Å². The van der Waals surface area contributed by atoms with Crippen molar-refractivity contribution < 1.29 is 29.0 Å². The number of ether oxygens (including phenoxy) is 1. The molecule has 1 saturated carbocycles. The van der Waals surface area contributed by atoms with Crippen LogP contribution in [0, 0.1) is 17.8 Å². The SMILES string of the molecule is COc1cc(C2C3=CCC4C(=O)N(C5CCCCC5)C(=O)C4C3CC3=C2C(=O)C=C(Br)C3=O)c(Br)c(Br)c1O. The Labute approximate surface area is 251 Å². The summed E-state index contributed by atoms with van der Waals surface area (Å²) in [5, 5.41) is 10.6. The molecular formula is C29H26Br3NO6. The third-order valence-corrected chi connectivity index (χ3v) is 11.8. The molecule has 2 amide bonds. The highest BCUT2D eigenvalue weighted by Gasteiger charge is 2.57. The first-order valence-corrected chi connectivity index (χ1v) is 15.5. The third kappa shape index (κ3) is 4.07. The number of hydrogen-bond donors (Lipinski definition) is 1. The molecule has 4 aliphatic carbocycles. The molecule has 1 aromatic carbocycles. The molecule has 6 rings (SSSR count). The molecule has 1 N–H and O–H groups in total. The summed E-state index contributed by atoms with van der Waals surface area (Å²) in [7, 11) is 1.44. The number of allylic oxidation sites excluding steroid dienone is 6. The molecular weight excluding hydrogens is 698 g/mol. The maximum absolute atomic E-state index is 14.0. The lowest BCUT2D eigenvalue weighted by atomic mass is 9.59. The van der Waals surface area contributed by atoms with Crippen molar-refractivity contribution in [3.63, 3.8) is 0 Å². The minimum atomic E-state index is -0.653. The number of rotatable bonds is 3. The summed E-state index contributed by atoms with van der Waals surface area (Å²) >= 11 is 10.3. The first kappa shape index (κ1) is 27.1. The Hall–Kier alpha value is -2.04. The molecule has 7 nitrogen and oxygen atoms in total. The maximum Gasteiger partial charge on any atom is 0.233 e. The predicted octanol–water partition coefficient (Wildman–Crippen LogP) is 6.02. The van der Waals surface area contributed by atoms with E-state index in [9.17, 15) is 24.3 Å². The zero-order chi connectivity index (χ0) is 27.7. The fourth-order valence-electron chi connectivity index (χ4n) is 7.26. The minimum Gasteiger partial charge on any atom is -0.503 e. The molecule has 0 radical (unpaired) electrons. The molecule has 1 saturated heterocycles. The van der Waals surface area contributed by atoms with Crippen molar-refractivity contribution in [2.24, 2.45) is 17.8 Å². The van der Waals surface area contributed by atoms with Gasteiger partial charge in [-0.3, -0.25) is 24.1 Å². The van der Waals surface area contributed by atoms with E-state index < -0.39 is 23.7 Å². The standard InChI is InChI=1S/C29H26Br3NO6/c1-39-20-10-16(24(31)25(32)27(20)36)21-13-7-8-14-22(29(38)33(28(14)37)12-5-3-2-4-6-12)15(13)9-17-23(21)19(34)11-18(30)26(17)35/h7,10-12,14-15,21-22,36H,2-6,8-9H2,1H3. The van der Waals surface area contributed by atoms with Crippen molar-refractivity contribution in [3.8, 4) is 11.5 Å². The number of phenolic OH excluding ortho intramolecular Hbond substituents is 1. The van der Waals surface area contributed by atoms with Crippen LogP contribution in [-0.2, 0) is 19.2 Å². The van der Waals surface area contributed by atoms with Gasteiger partial charge in [0.2, 0.25) is 11.8 Å². The van der Waals surface area contributed by atoms with E-state index in [4.69, 9.17) is 4.74 Å². The van der Waals surface area contributed by atoms with Gasteiger partial charge in [-0.05, 0) is 91.0 Å². The number of methoxy groups -OCH3 is 1. The number of phenols is 1. The summed E-state index contributed by atoms with van der Waals surface area (Å²) in [6, 6.07) is 1.60. The number of aromatic hydroxyl groups is 1. The summed E-state index contributed by atoms with van der Waals surface area (Å²) in [6.07, 6.45) is 8.72. The highest BCUT2D eigenvalue weighted by atomic mass is 79.9. The highest BCUT2D eigenvalue weighted by Crippen LogP contribution is 2.58. The number of hydrogen-bond acceptors (Lipinski definition) is 6. The number of likely N-dealkylation sites (tertiary alicyclic amines) is 1. The van der Waals surface area contributed by atoms with E-state index in [2.05, 4.69) is 47.8 Å². The second-order valence-corrected chi connectivity index (χ2v) is 13.3. The van der Waals surface area contributed by atoms with Crippen LogP contribution < -0.4 is 4.74 Å². The fraction of sp³-hybridized carbons (Fsp3) is 0.448. The Kier molecular flexibility index (Phi) is 7.03. The zero-order valence-electron chi connectivity index (χ0n) is 21.1. The Balaban J connectivity index is 1.51. The molecule has 2 fully saturated rings. The van der Waals surface area contributed by atoms with Gasteiger partial charge in [-0.1, -0.05) is 30.9 Å². The number of benzene rings is 1. The van der Waals surface area contributed by atoms with E-state index in [-0.39, 0.29) is 51.8 Å². The molecule has 0 aromatic heterocycles. The van der Waals surface area contributed by atoms with Gasteiger partial charge in [0.1, 0.15) is 0 Å². The quantitative estimate of drug-likeness (QED) is 0.233. The largest absolute Gasteiger partial charge is 0.503 e. The molecule has 1 aliphatic heterocycles. The summed E-state index contributed by atoms with van der Waals surface area (Å²) in [6.45, 7) is 0. The van der Waals surface area contributed by atoms with Crippen molar-refractivity contribution >= 4 is 71.2 Å². The smallest absolute Gasteiger partial charge is 0.233 e. The van der Waals surface area contributed by atoms with E-state index >= 15 is 0 Å². The number of fused-ring (bicyclic) bond motifs is 3. The van der Waals surface area contributed by atoms with Gasteiger partial charge in [0.05, 0.1) is 27.9 Å². The van der Waals surface area contributed by atoms with E-state index in [0.717, 1.165) is 37.7 Å². The van der Waals surface area contributed by atoms with Crippen molar-refractivity contribution in [3.05, 3.63) is 53.9 Å². The Morgan fingerprint density at radius 3 is 2.38 bits per heavy atom. The lowest BCUT2D eigenvalue weighted by molar-refractivity contribution is -0.143. The first-order valence-electron chi connectivity index (χ1n) is 13.2. The molecule has 0 spiro atoms. The van der Waals surface area contributed by atoms with Gasteiger partial charge in [-0.15, -0.1) is 0 Å². The summed E-state index contributed by atoms with van der Waals surface area (Å²) < 4.78 is 6.48. The van der Waals surface area contributed by atoms with Crippen LogP contribution in [0.2, 0.25) is 0 Å². The summed E-state index contributed by atoms with van der Waals surface area (Å²) in [5.41, 5.74) is 2.22. The van der Waals surface area contributed by atoms with Crippen molar-refractivity contribution in [1.29, 1.82) is 0 Å². The van der Waals surface area contributed by atoms with Gasteiger partial charge < -0.3 is 9.84 Å². The number of halogens is 3. The number of carbonyl (C=O) groups is 4. The molecule has 0 bridgehead atoms. The Bertz CT molecular complexity index is 1440. The van der Waals surface area contributed by atoms with Gasteiger partial charge in [0.15, 0.2) is 23.1 Å². The van der Waals surface area contributed by atoms with Crippen molar-refractivity contribution in [2.75, 3.05) is 7.11 Å². The molecule has 5 aliphatic rings. The number of amides is 2. The number of imide groups is 1. The van der Waals surface area contributed by atoms with Crippen LogP contribution in [0.5, 0.6) is 11.5 Å². The van der Waals surface area contributed by atoms with Crippen LogP contribution in [-0.4, -0.2) is 46.5 Å². The van der Waals surface area contributed by atoms with Crippen LogP contribution in [0.15, 0.2) is 48.4 Å². The zero-order valence-corrected chi connectivity index (χ0v) is 25.9. The van der Waals surface area contributed by atoms with Gasteiger partial charge in [-0.2, -0.15) is 0 Å². The highest BCUT2D eigenvalue weighted by molar-refractivity contribution is 9.13. The summed E-state index contributed by atoms with van der Waals surface area (Å²) in [5.74, 6) is -2.81. The number of Topliss-reactive ketones (excluding diaryl/α,β-unsaturated/α-hetero) is 1. The van der Waals surface area contributed by atoms with Gasteiger partial charge in [-0.25, -0.2) is 0 Å². The molecule has 1 aromatic rings. The average Bonchev–Trinajstić information content (AvgIpc) is 3.19. The number of ketones is 2. The monoisotopic (exact) mass is 721 g/mol. The van der Waals surface area contributed by atoms with Crippen LogP contribution in [0.4, 0.5) is 0 Å². The lowest BCUT2D eigenvalue weighted by Crippen LogP contribution is -2.43. The van der Waals surface area contributed by atoms with E-state index in [1.165, 1.54) is 18.1 Å². The molecule has 4 unspecified atom stereocenters.